The lowest BCUT2D eigenvalue weighted by Gasteiger charge is -2.15. The third kappa shape index (κ3) is 3.72. The molecule has 18 heavy (non-hydrogen) atoms. The zero-order chi connectivity index (χ0) is 13.0. The van der Waals surface area contributed by atoms with E-state index in [0.29, 0.717) is 0 Å². The molecule has 0 radical (unpaired) electrons. The van der Waals surface area contributed by atoms with Crippen LogP contribution in [0.15, 0.2) is 30.5 Å². The fourth-order valence-corrected chi connectivity index (χ4v) is 3.08. The van der Waals surface area contributed by atoms with Gasteiger partial charge in [0.15, 0.2) is 0 Å². The van der Waals surface area contributed by atoms with Crippen molar-refractivity contribution in [3.63, 3.8) is 0 Å². The normalized spacial score (nSPS) is 12.2. The molecule has 98 valence electrons. The van der Waals surface area contributed by atoms with E-state index in [-0.39, 0.29) is 0 Å². The summed E-state index contributed by atoms with van der Waals surface area (Å²) in [7, 11) is -0.886. The number of hydrogen-bond acceptors (Lipinski definition) is 1. The van der Waals surface area contributed by atoms with Crippen LogP contribution >= 0.6 is 0 Å². The van der Waals surface area contributed by atoms with Crippen LogP contribution in [-0.2, 0) is 6.42 Å². The molecule has 0 spiro atoms. The van der Waals surface area contributed by atoms with E-state index in [2.05, 4.69) is 60.4 Å². The summed E-state index contributed by atoms with van der Waals surface area (Å²) in [4.78, 5) is 3.33. The van der Waals surface area contributed by atoms with Crippen LogP contribution in [0.2, 0.25) is 25.7 Å². The Morgan fingerprint density at radius 1 is 1.11 bits per heavy atom. The summed E-state index contributed by atoms with van der Waals surface area (Å²) >= 11 is 0. The van der Waals surface area contributed by atoms with E-state index in [1.54, 1.807) is 0 Å². The molecule has 0 fully saturated rings. The van der Waals surface area contributed by atoms with Crippen molar-refractivity contribution < 1.29 is 0 Å². The standard InChI is InChI=1S/C15H24N2Si/c1-18(2,3)11-10-16-9-8-13-12-17-15-7-5-4-6-14(13)15/h4-7,12,16-17H,8-11H2,1-3H3. The SMILES string of the molecule is C[Si](C)(C)CCNCCc1c[nH]c2ccccc12. The Morgan fingerprint density at radius 2 is 1.89 bits per heavy atom. The fourth-order valence-electron chi connectivity index (χ4n) is 2.15. The number of nitrogens with one attached hydrogen (secondary N) is 2. The second-order valence-corrected chi connectivity index (χ2v) is 11.8. The van der Waals surface area contributed by atoms with Gasteiger partial charge in [0.1, 0.15) is 0 Å². The number of hydrogen-bond donors (Lipinski definition) is 2. The van der Waals surface area contributed by atoms with E-state index in [1.165, 1.54) is 22.5 Å². The van der Waals surface area contributed by atoms with Crippen molar-refractivity contribution in [3.8, 4) is 0 Å². The maximum Gasteiger partial charge on any atom is 0.0456 e. The van der Waals surface area contributed by atoms with E-state index >= 15 is 0 Å². The van der Waals surface area contributed by atoms with Gasteiger partial charge in [-0.25, -0.2) is 0 Å². The first-order valence-corrected chi connectivity index (χ1v) is 10.5. The predicted molar refractivity (Wildman–Crippen MR) is 83.0 cm³/mol. The number of para-hydroxylation sites is 1. The second kappa shape index (κ2) is 5.72. The van der Waals surface area contributed by atoms with Gasteiger partial charge in [-0.2, -0.15) is 0 Å². The Hall–Kier alpha value is -1.06. The first-order chi connectivity index (χ1) is 8.56. The average Bonchev–Trinajstić information content (AvgIpc) is 2.71. The topological polar surface area (TPSA) is 27.8 Å². The molecule has 0 aliphatic rings. The molecule has 2 N–H and O–H groups in total. The number of aromatic nitrogens is 1. The van der Waals surface area contributed by atoms with E-state index in [9.17, 15) is 0 Å². The molecule has 3 heteroatoms. The maximum atomic E-state index is 3.57. The van der Waals surface area contributed by atoms with Gasteiger partial charge in [-0.1, -0.05) is 37.8 Å². The molecule has 0 amide bonds. The van der Waals surface area contributed by atoms with Crippen molar-refractivity contribution in [3.05, 3.63) is 36.0 Å². The lowest BCUT2D eigenvalue weighted by Crippen LogP contribution is -2.28. The molecule has 2 aromatic rings. The minimum Gasteiger partial charge on any atom is -0.361 e. The van der Waals surface area contributed by atoms with E-state index < -0.39 is 8.07 Å². The Morgan fingerprint density at radius 3 is 2.67 bits per heavy atom. The van der Waals surface area contributed by atoms with E-state index in [0.717, 1.165) is 19.5 Å². The van der Waals surface area contributed by atoms with E-state index in [1.807, 2.05) is 0 Å². The average molecular weight is 260 g/mol. The Kier molecular flexibility index (Phi) is 4.25. The highest BCUT2D eigenvalue weighted by Gasteiger charge is 2.11. The van der Waals surface area contributed by atoms with Crippen molar-refractivity contribution in [2.75, 3.05) is 13.1 Å². The summed E-state index contributed by atoms with van der Waals surface area (Å²) in [5.41, 5.74) is 2.67. The Balaban J connectivity index is 1.80. The number of rotatable bonds is 6. The van der Waals surface area contributed by atoms with Gasteiger partial charge in [0.2, 0.25) is 0 Å². The van der Waals surface area contributed by atoms with Crippen molar-refractivity contribution in [1.82, 2.24) is 10.3 Å². The fraction of sp³-hybridized carbons (Fsp3) is 0.467. The molecule has 1 aromatic carbocycles. The van der Waals surface area contributed by atoms with Gasteiger partial charge in [0.05, 0.1) is 0 Å². The van der Waals surface area contributed by atoms with Gasteiger partial charge in [0, 0.05) is 25.2 Å². The monoisotopic (exact) mass is 260 g/mol. The van der Waals surface area contributed by atoms with Crippen molar-refractivity contribution >= 4 is 19.0 Å². The van der Waals surface area contributed by atoms with Crippen LogP contribution in [0.5, 0.6) is 0 Å². The summed E-state index contributed by atoms with van der Waals surface area (Å²) in [5.74, 6) is 0. The predicted octanol–water partition coefficient (Wildman–Crippen LogP) is 3.64. The molecule has 0 unspecified atom stereocenters. The number of fused-ring (bicyclic) bond motifs is 1. The van der Waals surface area contributed by atoms with Gasteiger partial charge < -0.3 is 10.3 Å². The summed E-state index contributed by atoms with van der Waals surface area (Å²) in [6, 6.07) is 9.88. The number of H-pyrrole nitrogens is 1. The van der Waals surface area contributed by atoms with Crippen LogP contribution in [0.1, 0.15) is 5.56 Å². The highest BCUT2D eigenvalue weighted by Crippen LogP contribution is 2.17. The van der Waals surface area contributed by atoms with Gasteiger partial charge >= 0.3 is 0 Å². The van der Waals surface area contributed by atoms with Crippen LogP contribution < -0.4 is 5.32 Å². The van der Waals surface area contributed by atoms with Gasteiger partial charge in [-0.05, 0) is 37.2 Å². The Bertz CT molecular complexity index is 496. The lowest BCUT2D eigenvalue weighted by atomic mass is 10.1. The molecule has 1 aromatic heterocycles. The second-order valence-electron chi connectivity index (χ2n) is 6.17. The van der Waals surface area contributed by atoms with Gasteiger partial charge in [-0.3, -0.25) is 0 Å². The molecule has 1 heterocycles. The van der Waals surface area contributed by atoms with Crippen LogP contribution in [-0.4, -0.2) is 26.1 Å². The molecular weight excluding hydrogens is 236 g/mol. The summed E-state index contributed by atoms with van der Waals surface area (Å²) in [6.45, 7) is 9.52. The molecule has 2 nitrogen and oxygen atoms in total. The van der Waals surface area contributed by atoms with Crippen LogP contribution in [0, 0.1) is 0 Å². The van der Waals surface area contributed by atoms with Crippen molar-refractivity contribution in [2.45, 2.75) is 32.1 Å². The quantitative estimate of drug-likeness (QED) is 0.602. The summed E-state index contributed by atoms with van der Waals surface area (Å²) in [5, 5.41) is 4.93. The number of benzene rings is 1. The molecule has 0 bridgehead atoms. The Labute approximate surface area is 111 Å². The third-order valence-corrected chi connectivity index (χ3v) is 5.05. The molecule has 0 aliphatic carbocycles. The van der Waals surface area contributed by atoms with Gasteiger partial charge in [0.25, 0.3) is 0 Å². The smallest absolute Gasteiger partial charge is 0.0456 e. The molecule has 2 rings (SSSR count). The summed E-state index contributed by atoms with van der Waals surface area (Å²) in [6.07, 6.45) is 3.25. The minimum atomic E-state index is -0.886. The zero-order valence-electron chi connectivity index (χ0n) is 11.7. The molecular formula is C15H24N2Si. The third-order valence-electron chi connectivity index (χ3n) is 3.30. The molecule has 0 saturated carbocycles. The first-order valence-electron chi connectivity index (χ1n) is 6.82. The molecule has 0 aliphatic heterocycles. The highest BCUT2D eigenvalue weighted by molar-refractivity contribution is 6.76. The van der Waals surface area contributed by atoms with Crippen molar-refractivity contribution in [2.24, 2.45) is 0 Å². The van der Waals surface area contributed by atoms with E-state index in [4.69, 9.17) is 0 Å². The highest BCUT2D eigenvalue weighted by atomic mass is 28.3. The molecule has 0 atom stereocenters. The molecule has 0 saturated heterocycles. The lowest BCUT2D eigenvalue weighted by molar-refractivity contribution is 0.713. The zero-order valence-corrected chi connectivity index (χ0v) is 12.7. The van der Waals surface area contributed by atoms with Crippen molar-refractivity contribution in [1.29, 1.82) is 0 Å². The van der Waals surface area contributed by atoms with Gasteiger partial charge in [-0.15, -0.1) is 0 Å². The maximum absolute atomic E-state index is 3.57. The van der Waals surface area contributed by atoms with Crippen LogP contribution in [0.25, 0.3) is 10.9 Å². The van der Waals surface area contributed by atoms with Crippen LogP contribution in [0.4, 0.5) is 0 Å². The largest absolute Gasteiger partial charge is 0.361 e. The first kappa shape index (κ1) is 13.4. The number of aromatic amines is 1. The summed E-state index contributed by atoms with van der Waals surface area (Å²) < 4.78 is 0. The van der Waals surface area contributed by atoms with Crippen LogP contribution in [0.3, 0.4) is 0 Å². The minimum absolute atomic E-state index is 0.886.